The van der Waals surface area contributed by atoms with Gasteiger partial charge in [-0.15, -0.1) is 0 Å². The van der Waals surface area contributed by atoms with E-state index in [0.29, 0.717) is 0 Å². The van der Waals surface area contributed by atoms with Crippen LogP contribution in [0.4, 0.5) is 17.1 Å². The molecule has 3 aromatic heterocycles. The Bertz CT molecular complexity index is 3780. The minimum Gasteiger partial charge on any atom is -0.455 e. The van der Waals surface area contributed by atoms with Gasteiger partial charge in [-0.3, -0.25) is 0 Å². The molecule has 3 heterocycles. The highest BCUT2D eigenvalue weighted by Crippen LogP contribution is 2.48. The first-order valence-electron chi connectivity index (χ1n) is 20.3. The Morgan fingerprint density at radius 3 is 1.30 bits per heavy atom. The molecule has 0 aliphatic carbocycles. The lowest BCUT2D eigenvalue weighted by Crippen LogP contribution is -2.10. The lowest BCUT2D eigenvalue weighted by atomic mass is 9.98. The highest BCUT2D eigenvalue weighted by Gasteiger charge is 2.24. The molecule has 0 bridgehead atoms. The first-order chi connectivity index (χ1) is 29.7. The predicted molar refractivity (Wildman–Crippen MR) is 249 cm³/mol. The molecular weight excluding hydrogens is 735 g/mol. The van der Waals surface area contributed by atoms with Gasteiger partial charge in [-0.05, 0) is 64.0 Å². The molecule has 0 unspecified atom stereocenters. The Balaban J connectivity index is 1.02. The third kappa shape index (κ3) is 4.85. The van der Waals surface area contributed by atoms with E-state index in [1.807, 2.05) is 12.1 Å². The number of hydrogen-bond donors (Lipinski definition) is 0. The Labute approximate surface area is 343 Å². The van der Waals surface area contributed by atoms with Crippen LogP contribution in [0.25, 0.3) is 110 Å². The van der Waals surface area contributed by atoms with Crippen LogP contribution < -0.4 is 4.90 Å². The Kier molecular flexibility index (Phi) is 6.98. The molecule has 280 valence electrons. The van der Waals surface area contributed by atoms with Crippen molar-refractivity contribution in [2.24, 2.45) is 0 Å². The fourth-order valence-corrected chi connectivity index (χ4v) is 9.49. The van der Waals surface area contributed by atoms with Gasteiger partial charge in [0.25, 0.3) is 0 Å². The summed E-state index contributed by atoms with van der Waals surface area (Å²) in [5, 5.41) is 11.2. The summed E-state index contributed by atoms with van der Waals surface area (Å²) >= 11 is 0. The van der Waals surface area contributed by atoms with E-state index in [2.05, 4.69) is 193 Å². The molecule has 13 rings (SSSR count). The number of hydrogen-bond acceptors (Lipinski definition) is 4. The Morgan fingerprint density at radius 2 is 0.700 bits per heavy atom. The zero-order valence-corrected chi connectivity index (χ0v) is 32.2. The minimum absolute atomic E-state index is 0.817. The number of rotatable bonds is 5. The standard InChI is InChI=1S/C56H33NO3/c1-3-14-36-32-38(30-28-34(36)12-1)57(39-31-29-35-13-2-4-15-37(35)33-39)49-25-11-27-51-52(49)48-24-10-23-47(56(48)59-51)46-22-9-21-45-44-20-8-19-43(54(44)60-55(45)46)42-18-7-17-41-40-16-5-6-26-50(40)58-53(41)42/h1-33H. The van der Waals surface area contributed by atoms with Crippen LogP contribution in [0, 0.1) is 0 Å². The quantitative estimate of drug-likeness (QED) is 0.175. The summed E-state index contributed by atoms with van der Waals surface area (Å²) in [6.07, 6.45) is 0. The number of benzene rings is 10. The molecule has 4 nitrogen and oxygen atoms in total. The molecule has 0 N–H and O–H groups in total. The molecule has 0 atom stereocenters. The van der Waals surface area contributed by atoms with Crippen LogP contribution >= 0.6 is 0 Å². The summed E-state index contributed by atoms with van der Waals surface area (Å²) in [4.78, 5) is 2.37. The smallest absolute Gasteiger partial charge is 0.143 e. The third-order valence-electron chi connectivity index (χ3n) is 12.2. The molecule has 4 heteroatoms. The molecule has 0 saturated carbocycles. The third-order valence-corrected chi connectivity index (χ3v) is 12.2. The van der Waals surface area contributed by atoms with E-state index in [4.69, 9.17) is 13.3 Å². The molecule has 0 aliphatic heterocycles. The van der Waals surface area contributed by atoms with Crippen LogP contribution in [-0.2, 0) is 0 Å². The maximum absolute atomic E-state index is 7.03. The molecule has 0 radical (unpaired) electrons. The number of furan rings is 3. The molecule has 0 saturated heterocycles. The van der Waals surface area contributed by atoms with Crippen LogP contribution in [0.3, 0.4) is 0 Å². The molecular formula is C56H33NO3. The van der Waals surface area contributed by atoms with Gasteiger partial charge in [0.1, 0.15) is 33.5 Å². The van der Waals surface area contributed by atoms with Gasteiger partial charge in [0.15, 0.2) is 0 Å². The number of para-hydroxylation sites is 5. The number of anilines is 3. The summed E-state index contributed by atoms with van der Waals surface area (Å²) in [6, 6.07) is 70.7. The van der Waals surface area contributed by atoms with Gasteiger partial charge in [-0.1, -0.05) is 158 Å². The lowest BCUT2D eigenvalue weighted by Gasteiger charge is -2.27. The highest BCUT2D eigenvalue weighted by molar-refractivity contribution is 6.20. The van der Waals surface area contributed by atoms with Crippen LogP contribution in [0.5, 0.6) is 0 Å². The first-order valence-corrected chi connectivity index (χ1v) is 20.3. The maximum atomic E-state index is 7.03. The van der Waals surface area contributed by atoms with E-state index in [1.54, 1.807) is 0 Å². The maximum Gasteiger partial charge on any atom is 0.143 e. The van der Waals surface area contributed by atoms with Gasteiger partial charge >= 0.3 is 0 Å². The zero-order valence-electron chi connectivity index (χ0n) is 32.2. The van der Waals surface area contributed by atoms with E-state index < -0.39 is 0 Å². The fourth-order valence-electron chi connectivity index (χ4n) is 9.49. The van der Waals surface area contributed by atoms with E-state index in [-0.39, 0.29) is 0 Å². The topological polar surface area (TPSA) is 42.7 Å². The van der Waals surface area contributed by atoms with Gasteiger partial charge in [-0.2, -0.15) is 0 Å². The van der Waals surface area contributed by atoms with Crippen LogP contribution in [-0.4, -0.2) is 0 Å². The van der Waals surface area contributed by atoms with Crippen molar-refractivity contribution in [1.82, 2.24) is 0 Å². The molecule has 13 aromatic rings. The number of nitrogens with zero attached hydrogens (tertiary/aromatic N) is 1. The second-order valence-electron chi connectivity index (χ2n) is 15.6. The van der Waals surface area contributed by atoms with Gasteiger partial charge in [-0.25, -0.2) is 0 Å². The zero-order chi connectivity index (χ0) is 39.3. The largest absolute Gasteiger partial charge is 0.455 e. The molecule has 0 amide bonds. The van der Waals surface area contributed by atoms with E-state index in [1.165, 1.54) is 21.5 Å². The molecule has 60 heavy (non-hydrogen) atoms. The first kappa shape index (κ1) is 32.9. The van der Waals surface area contributed by atoms with Gasteiger partial charge in [0.05, 0.1) is 11.1 Å². The van der Waals surface area contributed by atoms with Crippen molar-refractivity contribution in [1.29, 1.82) is 0 Å². The van der Waals surface area contributed by atoms with Crippen molar-refractivity contribution in [2.75, 3.05) is 4.90 Å². The van der Waals surface area contributed by atoms with Gasteiger partial charge < -0.3 is 18.2 Å². The van der Waals surface area contributed by atoms with Crippen molar-refractivity contribution in [2.45, 2.75) is 0 Å². The SMILES string of the molecule is c1ccc2cc(N(c3ccc4ccccc4c3)c3cccc4oc5c(-c6cccc7c6oc6c(-c8cccc9c8oc8ccccc89)cccc67)cccc5c34)ccc2c1. The average Bonchev–Trinajstić information content (AvgIpc) is 4.01. The predicted octanol–water partition coefficient (Wildman–Crippen LogP) is 16.5. The summed E-state index contributed by atoms with van der Waals surface area (Å²) in [6.45, 7) is 0. The van der Waals surface area contributed by atoms with E-state index in [9.17, 15) is 0 Å². The van der Waals surface area contributed by atoms with Crippen molar-refractivity contribution in [3.8, 4) is 22.3 Å². The second kappa shape index (κ2) is 12.7. The summed E-state index contributed by atoms with van der Waals surface area (Å²) in [5.74, 6) is 0. The van der Waals surface area contributed by atoms with Gasteiger partial charge in [0, 0.05) is 60.6 Å². The van der Waals surface area contributed by atoms with Gasteiger partial charge in [0.2, 0.25) is 0 Å². The highest BCUT2D eigenvalue weighted by atomic mass is 16.3. The van der Waals surface area contributed by atoms with Crippen LogP contribution in [0.15, 0.2) is 213 Å². The van der Waals surface area contributed by atoms with Crippen molar-refractivity contribution >= 4 is 104 Å². The van der Waals surface area contributed by atoms with Crippen molar-refractivity contribution in [3.05, 3.63) is 200 Å². The Hall–Kier alpha value is -8.08. The molecule has 10 aromatic carbocycles. The summed E-state index contributed by atoms with van der Waals surface area (Å²) in [7, 11) is 0. The monoisotopic (exact) mass is 767 g/mol. The van der Waals surface area contributed by atoms with E-state index in [0.717, 1.165) is 105 Å². The van der Waals surface area contributed by atoms with Crippen molar-refractivity contribution in [3.63, 3.8) is 0 Å². The molecule has 0 spiro atoms. The normalized spacial score (nSPS) is 12.0. The Morgan fingerprint density at radius 1 is 0.283 bits per heavy atom. The summed E-state index contributed by atoms with van der Waals surface area (Å²) in [5.41, 5.74) is 12.1. The molecule has 0 aliphatic rings. The van der Waals surface area contributed by atoms with Crippen LogP contribution in [0.1, 0.15) is 0 Å². The second-order valence-corrected chi connectivity index (χ2v) is 15.6. The summed E-state index contributed by atoms with van der Waals surface area (Å²) < 4.78 is 20.5. The number of fused-ring (bicyclic) bond motifs is 11. The fraction of sp³-hybridized carbons (Fsp3) is 0. The molecule has 0 fully saturated rings. The van der Waals surface area contributed by atoms with Crippen LogP contribution in [0.2, 0.25) is 0 Å². The minimum atomic E-state index is 0.817. The average molecular weight is 768 g/mol. The lowest BCUT2D eigenvalue weighted by molar-refractivity contribution is 0.663. The van der Waals surface area contributed by atoms with E-state index >= 15 is 0 Å². The van der Waals surface area contributed by atoms with Crippen molar-refractivity contribution < 1.29 is 13.3 Å².